The van der Waals surface area contributed by atoms with E-state index in [4.69, 9.17) is 13.3 Å². The maximum Gasteiger partial charge on any atom is 2.00 e. The van der Waals surface area contributed by atoms with Crippen molar-refractivity contribution in [2.75, 3.05) is 0 Å². The molecule has 0 saturated heterocycles. The molecular formula is C15H33IMgO3Si. The molecule has 0 unspecified atom stereocenters. The van der Waals surface area contributed by atoms with Crippen molar-refractivity contribution in [1.29, 1.82) is 0 Å². The van der Waals surface area contributed by atoms with Gasteiger partial charge in [-0.25, -0.2) is 0 Å². The van der Waals surface area contributed by atoms with Gasteiger partial charge in [0.05, 0.1) is 16.8 Å². The summed E-state index contributed by atoms with van der Waals surface area (Å²) in [6.45, 7) is 22.3. The van der Waals surface area contributed by atoms with Crippen LogP contribution in [-0.4, -0.2) is 48.7 Å². The molecule has 0 atom stereocenters. The molecule has 0 aliphatic carbocycles. The van der Waals surface area contributed by atoms with Gasteiger partial charge >= 0.3 is 31.9 Å². The molecule has 0 saturated carbocycles. The Morgan fingerprint density at radius 1 is 0.714 bits per heavy atom. The third-order valence-corrected chi connectivity index (χ3v) is 5.60. The van der Waals surface area contributed by atoms with E-state index >= 15 is 0 Å². The number of rotatable bonds is 5. The molecule has 0 rings (SSSR count). The average molecular weight is 441 g/mol. The Morgan fingerprint density at radius 3 is 1.10 bits per heavy atom. The molecule has 0 bridgehead atoms. The first-order chi connectivity index (χ1) is 8.18. The molecule has 0 aliphatic heterocycles. The number of halogens is 1. The molecule has 0 aromatic rings. The molecule has 0 aromatic carbocycles. The second kappa shape index (κ2) is 9.78. The van der Waals surface area contributed by atoms with Crippen LogP contribution in [0.25, 0.3) is 0 Å². The van der Waals surface area contributed by atoms with E-state index in [9.17, 15) is 0 Å². The Kier molecular flexibility index (Phi) is 12.8. The first-order valence-corrected chi connectivity index (χ1v) is 9.01. The van der Waals surface area contributed by atoms with E-state index in [-0.39, 0.29) is 63.8 Å². The Labute approximate surface area is 166 Å². The van der Waals surface area contributed by atoms with Crippen molar-refractivity contribution >= 4 is 31.9 Å². The van der Waals surface area contributed by atoms with Crippen molar-refractivity contribution in [3.63, 3.8) is 0 Å². The van der Waals surface area contributed by atoms with Gasteiger partial charge in [-0.05, 0) is 68.4 Å². The van der Waals surface area contributed by atoms with Crippen molar-refractivity contribution in [3.8, 4) is 0 Å². The summed E-state index contributed by atoms with van der Waals surface area (Å²) in [4.78, 5) is 0. The molecule has 21 heavy (non-hydrogen) atoms. The number of hydrogen-bond donors (Lipinski definition) is 0. The maximum absolute atomic E-state index is 6.27. The standard InChI is InChI=1S/C15H33O3Si.HI.Mg/c1-11-12-19(16-13(2,3)4,17-14(5,6)7)18-15(8,9)10;;/h1,11-12H2,2-10H3;1H;/q-1;;+2/p-1. The quantitative estimate of drug-likeness (QED) is 0.366. The second-order valence-electron chi connectivity index (χ2n) is 7.93. The number of hydrogen-bond acceptors (Lipinski definition) is 3. The summed E-state index contributed by atoms with van der Waals surface area (Å²) < 4.78 is 18.8. The van der Waals surface area contributed by atoms with E-state index in [1.165, 1.54) is 0 Å². The average Bonchev–Trinajstić information content (AvgIpc) is 1.90. The zero-order chi connectivity index (χ0) is 15.5. The molecular weight excluding hydrogens is 407 g/mol. The van der Waals surface area contributed by atoms with Gasteiger partial charge in [-0.1, -0.05) is 0 Å². The summed E-state index contributed by atoms with van der Waals surface area (Å²) in [5.74, 6) is 0. The van der Waals surface area contributed by atoms with Crippen LogP contribution in [0.3, 0.4) is 0 Å². The molecule has 0 aliphatic rings. The summed E-state index contributed by atoms with van der Waals surface area (Å²) in [7, 11) is -2.76. The van der Waals surface area contributed by atoms with Gasteiger partial charge < -0.3 is 44.2 Å². The van der Waals surface area contributed by atoms with Crippen LogP contribution in [0.2, 0.25) is 6.04 Å². The van der Waals surface area contributed by atoms with Crippen LogP contribution in [0.15, 0.2) is 0 Å². The molecule has 0 radical (unpaired) electrons. The fourth-order valence-electron chi connectivity index (χ4n) is 1.83. The topological polar surface area (TPSA) is 27.7 Å². The van der Waals surface area contributed by atoms with Crippen LogP contribution in [-0.2, 0) is 13.3 Å². The van der Waals surface area contributed by atoms with Crippen molar-refractivity contribution in [2.24, 2.45) is 0 Å². The van der Waals surface area contributed by atoms with E-state index in [2.05, 4.69) is 6.92 Å². The van der Waals surface area contributed by atoms with Gasteiger partial charge in [-0.2, -0.15) is 6.42 Å². The normalized spacial score (nSPS) is 13.4. The van der Waals surface area contributed by atoms with E-state index in [1.807, 2.05) is 62.3 Å². The summed E-state index contributed by atoms with van der Waals surface area (Å²) in [5, 5.41) is 0. The minimum absolute atomic E-state index is 0. The minimum Gasteiger partial charge on any atom is -1.00 e. The van der Waals surface area contributed by atoms with Crippen LogP contribution in [0, 0.1) is 6.92 Å². The van der Waals surface area contributed by atoms with Gasteiger partial charge in [0.1, 0.15) is 0 Å². The summed E-state index contributed by atoms with van der Waals surface area (Å²) >= 11 is 0. The smallest absolute Gasteiger partial charge is 1.00 e. The summed E-state index contributed by atoms with van der Waals surface area (Å²) in [5.41, 5.74) is -0.881. The largest absolute Gasteiger partial charge is 2.00 e. The molecule has 3 nitrogen and oxygen atoms in total. The Morgan fingerprint density at radius 2 is 0.952 bits per heavy atom. The molecule has 0 N–H and O–H groups in total. The molecule has 0 spiro atoms. The SMILES string of the molecule is [CH2-]CC[Si](OC(C)(C)C)(OC(C)(C)C)OC(C)(C)C.[I-].[Mg+2]. The first kappa shape index (κ1) is 27.4. The van der Waals surface area contributed by atoms with Crippen LogP contribution < -0.4 is 24.0 Å². The van der Waals surface area contributed by atoms with Crippen molar-refractivity contribution < 1.29 is 37.3 Å². The molecule has 124 valence electrons. The third-order valence-electron chi connectivity index (χ3n) is 1.87. The van der Waals surface area contributed by atoms with Crippen LogP contribution >= 0.6 is 0 Å². The predicted molar refractivity (Wildman–Crippen MR) is 88.8 cm³/mol. The predicted octanol–water partition coefficient (Wildman–Crippen LogP) is 1.22. The van der Waals surface area contributed by atoms with Crippen LogP contribution in [0.5, 0.6) is 0 Å². The first-order valence-electron chi connectivity index (χ1n) is 7.08. The fourth-order valence-corrected chi connectivity index (χ4v) is 5.49. The van der Waals surface area contributed by atoms with Crippen molar-refractivity contribution in [1.82, 2.24) is 0 Å². The minimum atomic E-state index is -2.76. The van der Waals surface area contributed by atoms with E-state index < -0.39 is 8.80 Å². The molecule has 0 heterocycles. The Bertz CT molecular complexity index is 239. The van der Waals surface area contributed by atoms with Gasteiger partial charge in [-0.3, -0.25) is 0 Å². The fraction of sp³-hybridized carbons (Fsp3) is 0.933. The molecule has 6 heteroatoms. The van der Waals surface area contributed by atoms with Crippen molar-refractivity contribution in [2.45, 2.75) is 91.6 Å². The Hall–Kier alpha value is 1.59. The van der Waals surface area contributed by atoms with Gasteiger partial charge in [-0.15, -0.1) is 0 Å². The maximum atomic E-state index is 6.27. The van der Waals surface area contributed by atoms with Crippen molar-refractivity contribution in [3.05, 3.63) is 6.92 Å². The van der Waals surface area contributed by atoms with Crippen LogP contribution in [0.4, 0.5) is 0 Å². The molecule has 0 aromatic heterocycles. The Balaban J connectivity index is -0.00000162. The second-order valence-corrected chi connectivity index (χ2v) is 10.4. The zero-order valence-corrected chi connectivity index (χ0v) is 20.0. The van der Waals surface area contributed by atoms with Gasteiger partial charge in [0.2, 0.25) is 0 Å². The van der Waals surface area contributed by atoms with Gasteiger partial charge in [0, 0.05) is 0 Å². The monoisotopic (exact) mass is 440 g/mol. The third kappa shape index (κ3) is 14.9. The molecule has 0 fully saturated rings. The molecule has 0 amide bonds. The van der Waals surface area contributed by atoms with E-state index in [0.717, 1.165) is 12.5 Å². The van der Waals surface area contributed by atoms with Gasteiger partial charge in [0.25, 0.3) is 0 Å². The van der Waals surface area contributed by atoms with E-state index in [0.29, 0.717) is 0 Å². The zero-order valence-electron chi connectivity index (χ0n) is 15.4. The van der Waals surface area contributed by atoms with Gasteiger partial charge in [0.15, 0.2) is 0 Å². The van der Waals surface area contributed by atoms with Crippen LogP contribution in [0.1, 0.15) is 68.7 Å². The summed E-state index contributed by atoms with van der Waals surface area (Å²) in [6.07, 6.45) is 0.745. The van der Waals surface area contributed by atoms with E-state index in [1.54, 1.807) is 0 Å². The summed E-state index contributed by atoms with van der Waals surface area (Å²) in [6, 6.07) is 0.735.